The van der Waals surface area contributed by atoms with Gasteiger partial charge in [-0.2, -0.15) is 5.26 Å². The molecule has 0 amide bonds. The van der Waals surface area contributed by atoms with E-state index in [-0.39, 0.29) is 5.75 Å². The SMILES string of the molecule is COc1ccc(/C(C#N)=C\c2ccc(OC)c(F)c2)cc1. The number of nitrogens with zero attached hydrogens (tertiary/aromatic N) is 1. The van der Waals surface area contributed by atoms with Gasteiger partial charge in [0.2, 0.25) is 0 Å². The Morgan fingerprint density at radius 3 is 2.33 bits per heavy atom. The summed E-state index contributed by atoms with van der Waals surface area (Å²) in [5.74, 6) is 0.430. The highest BCUT2D eigenvalue weighted by atomic mass is 19.1. The molecule has 0 fully saturated rings. The van der Waals surface area contributed by atoms with Crippen molar-refractivity contribution in [2.75, 3.05) is 14.2 Å². The minimum atomic E-state index is -0.460. The molecule has 0 spiro atoms. The van der Waals surface area contributed by atoms with Crippen molar-refractivity contribution in [2.24, 2.45) is 0 Å². The first kappa shape index (κ1) is 14.6. The number of rotatable bonds is 4. The van der Waals surface area contributed by atoms with Gasteiger partial charge in [0.1, 0.15) is 5.75 Å². The number of methoxy groups -OCH3 is 2. The third-order valence-electron chi connectivity index (χ3n) is 3.01. The lowest BCUT2D eigenvalue weighted by Gasteiger charge is -2.04. The molecule has 0 atom stereocenters. The van der Waals surface area contributed by atoms with Crippen LogP contribution in [0.4, 0.5) is 4.39 Å². The van der Waals surface area contributed by atoms with Gasteiger partial charge in [-0.15, -0.1) is 0 Å². The summed E-state index contributed by atoms with van der Waals surface area (Å²) in [6.07, 6.45) is 1.63. The van der Waals surface area contributed by atoms with Gasteiger partial charge in [-0.05, 0) is 53.6 Å². The molecule has 0 aliphatic rings. The fourth-order valence-electron chi connectivity index (χ4n) is 1.89. The molecule has 0 aliphatic heterocycles. The van der Waals surface area contributed by atoms with Gasteiger partial charge in [0.25, 0.3) is 0 Å². The first-order chi connectivity index (χ1) is 10.2. The second kappa shape index (κ2) is 6.58. The van der Waals surface area contributed by atoms with Crippen molar-refractivity contribution in [1.82, 2.24) is 0 Å². The number of nitriles is 1. The maximum Gasteiger partial charge on any atom is 0.165 e. The van der Waals surface area contributed by atoms with E-state index >= 15 is 0 Å². The van der Waals surface area contributed by atoms with Crippen LogP contribution in [0.25, 0.3) is 11.6 Å². The van der Waals surface area contributed by atoms with Crippen LogP contribution < -0.4 is 9.47 Å². The van der Waals surface area contributed by atoms with Gasteiger partial charge in [0, 0.05) is 0 Å². The van der Waals surface area contributed by atoms with Crippen LogP contribution in [0.5, 0.6) is 11.5 Å². The molecular formula is C17H14FNO2. The molecule has 2 aromatic carbocycles. The van der Waals surface area contributed by atoms with Crippen LogP contribution in [0.2, 0.25) is 0 Å². The molecular weight excluding hydrogens is 269 g/mol. The summed E-state index contributed by atoms with van der Waals surface area (Å²) in [6.45, 7) is 0. The Balaban J connectivity index is 2.36. The van der Waals surface area contributed by atoms with Crippen molar-refractivity contribution < 1.29 is 13.9 Å². The molecule has 3 nitrogen and oxygen atoms in total. The van der Waals surface area contributed by atoms with E-state index in [1.165, 1.54) is 19.2 Å². The number of halogens is 1. The lowest BCUT2D eigenvalue weighted by atomic mass is 10.0. The molecule has 4 heteroatoms. The second-order valence-corrected chi connectivity index (χ2v) is 4.29. The zero-order valence-corrected chi connectivity index (χ0v) is 11.8. The van der Waals surface area contributed by atoms with Gasteiger partial charge in [0.15, 0.2) is 11.6 Å². The molecule has 0 saturated heterocycles. The van der Waals surface area contributed by atoms with Crippen LogP contribution in [0.1, 0.15) is 11.1 Å². The van der Waals surface area contributed by atoms with Crippen molar-refractivity contribution in [2.45, 2.75) is 0 Å². The summed E-state index contributed by atoms with van der Waals surface area (Å²) in [4.78, 5) is 0. The largest absolute Gasteiger partial charge is 0.497 e. The second-order valence-electron chi connectivity index (χ2n) is 4.29. The normalized spacial score (nSPS) is 10.9. The van der Waals surface area contributed by atoms with Gasteiger partial charge >= 0.3 is 0 Å². The minimum absolute atomic E-state index is 0.176. The molecule has 0 bridgehead atoms. The van der Waals surface area contributed by atoms with Crippen molar-refractivity contribution >= 4 is 11.6 Å². The summed E-state index contributed by atoms with van der Waals surface area (Å²) >= 11 is 0. The Hall–Kier alpha value is -2.80. The van der Waals surface area contributed by atoms with Crippen LogP contribution in [0.3, 0.4) is 0 Å². The Morgan fingerprint density at radius 2 is 1.81 bits per heavy atom. The quantitative estimate of drug-likeness (QED) is 0.631. The predicted octanol–water partition coefficient (Wildman–Crippen LogP) is 3.91. The molecule has 21 heavy (non-hydrogen) atoms. The molecule has 2 rings (SSSR count). The Bertz CT molecular complexity index is 700. The first-order valence-corrected chi connectivity index (χ1v) is 6.27. The van der Waals surface area contributed by atoms with Crippen molar-refractivity contribution in [1.29, 1.82) is 5.26 Å². The maximum absolute atomic E-state index is 13.7. The Labute approximate surface area is 122 Å². The zero-order valence-electron chi connectivity index (χ0n) is 11.8. The fraction of sp³-hybridized carbons (Fsp3) is 0.118. The summed E-state index contributed by atoms with van der Waals surface area (Å²) in [5.41, 5.74) is 1.79. The van der Waals surface area contributed by atoms with Crippen molar-refractivity contribution in [3.8, 4) is 17.6 Å². The maximum atomic E-state index is 13.7. The average Bonchev–Trinajstić information content (AvgIpc) is 2.53. The molecule has 0 aromatic heterocycles. The van der Waals surface area contributed by atoms with Gasteiger partial charge in [-0.25, -0.2) is 4.39 Å². The van der Waals surface area contributed by atoms with E-state index in [4.69, 9.17) is 9.47 Å². The predicted molar refractivity (Wildman–Crippen MR) is 79.4 cm³/mol. The topological polar surface area (TPSA) is 42.2 Å². The van der Waals surface area contributed by atoms with Crippen molar-refractivity contribution in [3.63, 3.8) is 0 Å². The third kappa shape index (κ3) is 3.40. The number of ether oxygens (including phenoxy) is 2. The zero-order chi connectivity index (χ0) is 15.2. The van der Waals surface area contributed by atoms with E-state index in [2.05, 4.69) is 6.07 Å². The number of hydrogen-bond acceptors (Lipinski definition) is 3. The van der Waals surface area contributed by atoms with E-state index in [0.717, 1.165) is 5.56 Å². The number of allylic oxidation sites excluding steroid dienone is 1. The summed E-state index contributed by atoms with van der Waals surface area (Å²) in [5, 5.41) is 9.27. The highest BCUT2D eigenvalue weighted by Gasteiger charge is 2.05. The van der Waals surface area contributed by atoms with Crippen LogP contribution in [-0.4, -0.2) is 14.2 Å². The molecule has 0 N–H and O–H groups in total. The van der Waals surface area contributed by atoms with E-state index < -0.39 is 5.82 Å². The molecule has 0 aliphatic carbocycles. The van der Waals surface area contributed by atoms with E-state index in [1.54, 1.807) is 43.5 Å². The Kier molecular flexibility index (Phi) is 4.57. The standard InChI is InChI=1S/C17H14FNO2/c1-20-15-6-4-13(5-7-15)14(11-19)9-12-3-8-17(21-2)16(18)10-12/h3-10H,1-2H3/b14-9-. The summed E-state index contributed by atoms with van der Waals surface area (Å²) in [7, 11) is 2.99. The smallest absolute Gasteiger partial charge is 0.165 e. The highest BCUT2D eigenvalue weighted by molar-refractivity contribution is 5.89. The monoisotopic (exact) mass is 283 g/mol. The van der Waals surface area contributed by atoms with Crippen LogP contribution in [0, 0.1) is 17.1 Å². The summed E-state index contributed by atoms with van der Waals surface area (Å²) in [6, 6.07) is 13.8. The minimum Gasteiger partial charge on any atom is -0.497 e. The first-order valence-electron chi connectivity index (χ1n) is 6.27. The molecule has 106 valence electrons. The lowest BCUT2D eigenvalue weighted by molar-refractivity contribution is 0.386. The van der Waals surface area contributed by atoms with Crippen molar-refractivity contribution in [3.05, 3.63) is 59.4 Å². The van der Waals surface area contributed by atoms with E-state index in [9.17, 15) is 9.65 Å². The molecule has 0 unspecified atom stereocenters. The van der Waals surface area contributed by atoms with Crippen LogP contribution in [0.15, 0.2) is 42.5 Å². The molecule has 0 heterocycles. The van der Waals surface area contributed by atoms with E-state index in [0.29, 0.717) is 16.9 Å². The van der Waals surface area contributed by atoms with Crippen LogP contribution >= 0.6 is 0 Å². The van der Waals surface area contributed by atoms with Gasteiger partial charge in [-0.3, -0.25) is 0 Å². The van der Waals surface area contributed by atoms with Gasteiger partial charge in [-0.1, -0.05) is 6.07 Å². The third-order valence-corrected chi connectivity index (χ3v) is 3.01. The fourth-order valence-corrected chi connectivity index (χ4v) is 1.89. The molecule has 0 radical (unpaired) electrons. The molecule has 2 aromatic rings. The van der Waals surface area contributed by atoms with Gasteiger partial charge in [0.05, 0.1) is 25.9 Å². The number of benzene rings is 2. The highest BCUT2D eigenvalue weighted by Crippen LogP contribution is 2.23. The molecule has 0 saturated carbocycles. The number of hydrogen-bond donors (Lipinski definition) is 0. The summed E-state index contributed by atoms with van der Waals surface area (Å²) < 4.78 is 23.6. The van der Waals surface area contributed by atoms with E-state index in [1.807, 2.05) is 0 Å². The Morgan fingerprint density at radius 1 is 1.10 bits per heavy atom. The lowest BCUT2D eigenvalue weighted by Crippen LogP contribution is -1.89. The van der Waals surface area contributed by atoms with Crippen LogP contribution in [-0.2, 0) is 0 Å². The van der Waals surface area contributed by atoms with Gasteiger partial charge < -0.3 is 9.47 Å². The average molecular weight is 283 g/mol.